The number of carbonyl (C=O) groups is 1. The van der Waals surface area contributed by atoms with Crippen LogP contribution in [0.4, 0.5) is 14.5 Å². The minimum absolute atomic E-state index is 0. The van der Waals surface area contributed by atoms with Gasteiger partial charge in [-0.25, -0.2) is 4.39 Å². The Bertz CT molecular complexity index is 457. The minimum atomic E-state index is -1.07. The third-order valence-corrected chi connectivity index (χ3v) is 2.63. The molecule has 0 bridgehead atoms. The van der Waals surface area contributed by atoms with E-state index in [9.17, 15) is 13.6 Å². The molecule has 1 N–H and O–H groups in total. The predicted octanol–water partition coefficient (Wildman–Crippen LogP) is 1.33. The monoisotopic (exact) mass is 278 g/mol. The third-order valence-electron chi connectivity index (χ3n) is 2.63. The maximum atomic E-state index is 13.7. The summed E-state index contributed by atoms with van der Waals surface area (Å²) in [7, 11) is 1.26. The highest BCUT2D eigenvalue weighted by Gasteiger charge is 2.24. The van der Waals surface area contributed by atoms with Crippen molar-refractivity contribution < 1.29 is 18.3 Å². The van der Waals surface area contributed by atoms with Gasteiger partial charge in [0.05, 0.1) is 19.3 Å². The number of carbonyl (C=O) groups excluding carboxylic acids is 1. The van der Waals surface area contributed by atoms with E-state index >= 15 is 0 Å². The van der Waals surface area contributed by atoms with E-state index in [0.29, 0.717) is 13.1 Å². The molecule has 1 aliphatic rings. The molecule has 1 amide bonds. The normalized spacial score (nSPS) is 15.3. The number of anilines is 1. The molecule has 0 aliphatic carbocycles. The summed E-state index contributed by atoms with van der Waals surface area (Å²) in [6, 6.07) is 2.66. The lowest BCUT2D eigenvalue weighted by molar-refractivity contribution is -0.118. The number of halogens is 3. The average molecular weight is 279 g/mol. The smallest absolute Gasteiger partial charge is 0.241 e. The molecule has 0 aromatic heterocycles. The number of nitrogens with zero attached hydrogens (tertiary/aromatic N) is 1. The van der Waals surface area contributed by atoms with Gasteiger partial charge in [0.1, 0.15) is 0 Å². The van der Waals surface area contributed by atoms with Crippen molar-refractivity contribution in [3.63, 3.8) is 0 Å². The summed E-state index contributed by atoms with van der Waals surface area (Å²) < 4.78 is 31.9. The van der Waals surface area contributed by atoms with Gasteiger partial charge in [-0.15, -0.1) is 12.4 Å². The zero-order chi connectivity index (χ0) is 12.4. The standard InChI is InChI=1S/C11H12F2N2O2.ClH/c1-17-8-3-2-7(10(12)11(8)13)15-5-4-14-6-9(15)16;/h2-3,14H,4-6H2,1H3;1H. The van der Waals surface area contributed by atoms with Crippen LogP contribution in [0.2, 0.25) is 0 Å². The molecular weight excluding hydrogens is 266 g/mol. The molecule has 0 spiro atoms. The summed E-state index contributed by atoms with van der Waals surface area (Å²) in [5.41, 5.74) is -0.0465. The van der Waals surface area contributed by atoms with Gasteiger partial charge in [0.2, 0.25) is 11.7 Å². The minimum Gasteiger partial charge on any atom is -0.494 e. The van der Waals surface area contributed by atoms with Crippen LogP contribution >= 0.6 is 12.4 Å². The van der Waals surface area contributed by atoms with Crippen LogP contribution in [0.3, 0.4) is 0 Å². The maximum absolute atomic E-state index is 13.7. The number of ether oxygens (including phenoxy) is 1. The first-order chi connectivity index (χ1) is 8.15. The fraction of sp³-hybridized carbons (Fsp3) is 0.364. The number of piperazine rings is 1. The van der Waals surface area contributed by atoms with Crippen LogP contribution in [0.5, 0.6) is 5.75 Å². The lowest BCUT2D eigenvalue weighted by atomic mass is 10.2. The molecule has 1 fully saturated rings. The van der Waals surface area contributed by atoms with Gasteiger partial charge in [-0.2, -0.15) is 4.39 Å². The molecule has 7 heteroatoms. The zero-order valence-corrected chi connectivity index (χ0v) is 10.5. The molecule has 0 unspecified atom stereocenters. The quantitative estimate of drug-likeness (QED) is 0.887. The van der Waals surface area contributed by atoms with Crippen LogP contribution in [0.1, 0.15) is 0 Å². The van der Waals surface area contributed by atoms with Gasteiger partial charge < -0.3 is 15.0 Å². The first-order valence-electron chi connectivity index (χ1n) is 5.18. The van der Waals surface area contributed by atoms with Crippen molar-refractivity contribution in [1.82, 2.24) is 5.32 Å². The predicted molar refractivity (Wildman–Crippen MR) is 65.4 cm³/mol. The largest absolute Gasteiger partial charge is 0.494 e. The second-order valence-electron chi connectivity index (χ2n) is 3.64. The Hall–Kier alpha value is -1.40. The molecule has 0 radical (unpaired) electrons. The first-order valence-corrected chi connectivity index (χ1v) is 5.18. The SMILES string of the molecule is COc1ccc(N2CCNCC2=O)c(F)c1F.Cl. The lowest BCUT2D eigenvalue weighted by Crippen LogP contribution is -2.48. The Balaban J connectivity index is 0.00000162. The summed E-state index contributed by atoms with van der Waals surface area (Å²) >= 11 is 0. The van der Waals surface area contributed by atoms with E-state index in [2.05, 4.69) is 10.1 Å². The number of hydrogen-bond acceptors (Lipinski definition) is 3. The molecule has 4 nitrogen and oxygen atoms in total. The molecule has 1 heterocycles. The molecule has 100 valence electrons. The topological polar surface area (TPSA) is 41.6 Å². The molecule has 0 saturated carbocycles. The molecular formula is C11H13ClF2N2O2. The molecule has 0 atom stereocenters. The van der Waals surface area contributed by atoms with E-state index in [1.165, 1.54) is 24.1 Å². The van der Waals surface area contributed by atoms with Gasteiger partial charge in [0.25, 0.3) is 0 Å². The van der Waals surface area contributed by atoms with E-state index in [1.807, 2.05) is 0 Å². The number of methoxy groups -OCH3 is 1. The molecule has 1 aliphatic heterocycles. The van der Waals surface area contributed by atoms with E-state index in [0.717, 1.165) is 0 Å². The summed E-state index contributed by atoms with van der Waals surface area (Å²) in [5, 5.41) is 2.86. The summed E-state index contributed by atoms with van der Waals surface area (Å²) in [5.74, 6) is -2.58. The number of rotatable bonds is 2. The molecule has 1 saturated heterocycles. The van der Waals surface area contributed by atoms with Gasteiger partial charge in [0.15, 0.2) is 11.6 Å². The van der Waals surface area contributed by atoms with Crippen molar-refractivity contribution >= 4 is 24.0 Å². The van der Waals surface area contributed by atoms with E-state index in [4.69, 9.17) is 0 Å². The van der Waals surface area contributed by atoms with Gasteiger partial charge >= 0.3 is 0 Å². The van der Waals surface area contributed by atoms with Gasteiger partial charge in [0, 0.05) is 13.1 Å². The second-order valence-corrected chi connectivity index (χ2v) is 3.64. The highest BCUT2D eigenvalue weighted by atomic mass is 35.5. The molecule has 18 heavy (non-hydrogen) atoms. The van der Waals surface area contributed by atoms with Crippen molar-refractivity contribution in [2.45, 2.75) is 0 Å². The van der Waals surface area contributed by atoms with Crippen LogP contribution in [-0.4, -0.2) is 32.7 Å². The Morgan fingerprint density at radius 2 is 2.06 bits per heavy atom. The number of benzene rings is 1. The average Bonchev–Trinajstić information content (AvgIpc) is 2.34. The lowest BCUT2D eigenvalue weighted by Gasteiger charge is -2.27. The highest BCUT2D eigenvalue weighted by Crippen LogP contribution is 2.28. The fourth-order valence-corrected chi connectivity index (χ4v) is 1.75. The summed E-state index contributed by atoms with van der Waals surface area (Å²) in [6.45, 7) is 1.01. The third kappa shape index (κ3) is 2.54. The second kappa shape index (κ2) is 5.97. The first kappa shape index (κ1) is 14.7. The van der Waals surface area contributed by atoms with E-state index < -0.39 is 11.6 Å². The van der Waals surface area contributed by atoms with Crippen molar-refractivity contribution in [2.24, 2.45) is 0 Å². The van der Waals surface area contributed by atoms with Gasteiger partial charge in [-0.05, 0) is 12.1 Å². The van der Waals surface area contributed by atoms with E-state index in [1.54, 1.807) is 0 Å². The highest BCUT2D eigenvalue weighted by molar-refractivity contribution is 5.95. The van der Waals surface area contributed by atoms with Gasteiger partial charge in [-0.3, -0.25) is 4.79 Å². The Kier molecular flexibility index (Phi) is 4.86. The Morgan fingerprint density at radius 3 is 2.67 bits per heavy atom. The maximum Gasteiger partial charge on any atom is 0.241 e. The number of nitrogens with one attached hydrogen (secondary N) is 1. The van der Waals surface area contributed by atoms with Crippen molar-refractivity contribution in [3.05, 3.63) is 23.8 Å². The summed E-state index contributed by atoms with van der Waals surface area (Å²) in [4.78, 5) is 12.8. The molecule has 1 aromatic carbocycles. The van der Waals surface area contributed by atoms with Crippen LogP contribution in [0, 0.1) is 11.6 Å². The number of amides is 1. The van der Waals surface area contributed by atoms with Gasteiger partial charge in [-0.1, -0.05) is 0 Å². The van der Waals surface area contributed by atoms with Crippen molar-refractivity contribution in [1.29, 1.82) is 0 Å². The van der Waals surface area contributed by atoms with Crippen molar-refractivity contribution in [3.8, 4) is 5.75 Å². The fourth-order valence-electron chi connectivity index (χ4n) is 1.75. The van der Waals surface area contributed by atoms with Crippen LogP contribution < -0.4 is 15.0 Å². The van der Waals surface area contributed by atoms with Crippen LogP contribution in [-0.2, 0) is 4.79 Å². The van der Waals surface area contributed by atoms with Crippen molar-refractivity contribution in [2.75, 3.05) is 31.6 Å². The Labute approximate surface area is 109 Å². The van der Waals surface area contributed by atoms with Crippen LogP contribution in [0.15, 0.2) is 12.1 Å². The van der Waals surface area contributed by atoms with E-state index in [-0.39, 0.29) is 36.3 Å². The summed E-state index contributed by atoms with van der Waals surface area (Å²) in [6.07, 6.45) is 0. The molecule has 2 rings (SSSR count). The Morgan fingerprint density at radius 1 is 1.33 bits per heavy atom. The molecule has 1 aromatic rings. The number of hydrogen-bond donors (Lipinski definition) is 1. The van der Waals surface area contributed by atoms with Crippen LogP contribution in [0.25, 0.3) is 0 Å². The zero-order valence-electron chi connectivity index (χ0n) is 9.70.